The van der Waals surface area contributed by atoms with Crippen LogP contribution < -0.4 is 9.47 Å². The first-order chi connectivity index (χ1) is 13.3. The Bertz CT molecular complexity index is 982. The number of sulfonamides is 1. The molecule has 152 valence electrons. The van der Waals surface area contributed by atoms with Gasteiger partial charge in [0, 0.05) is 31.1 Å². The number of rotatable bonds is 5. The number of hydrogen-bond donors (Lipinski definition) is 0. The highest BCUT2D eigenvalue weighted by atomic mass is 79.9. The van der Waals surface area contributed by atoms with Gasteiger partial charge in [-0.15, -0.1) is 11.3 Å². The fourth-order valence-electron chi connectivity index (χ4n) is 3.03. The third kappa shape index (κ3) is 4.05. The van der Waals surface area contributed by atoms with Crippen LogP contribution >= 0.6 is 27.3 Å². The average Bonchev–Trinajstić information content (AvgIpc) is 3.14. The van der Waals surface area contributed by atoms with Gasteiger partial charge in [0.1, 0.15) is 15.7 Å². The van der Waals surface area contributed by atoms with Crippen molar-refractivity contribution in [2.75, 3.05) is 40.4 Å². The predicted octanol–water partition coefficient (Wildman–Crippen LogP) is 2.98. The van der Waals surface area contributed by atoms with Crippen molar-refractivity contribution in [1.29, 1.82) is 0 Å². The summed E-state index contributed by atoms with van der Waals surface area (Å²) in [5, 5.41) is 0. The van der Waals surface area contributed by atoms with Crippen LogP contribution in [-0.2, 0) is 10.0 Å². The van der Waals surface area contributed by atoms with E-state index in [4.69, 9.17) is 9.47 Å². The summed E-state index contributed by atoms with van der Waals surface area (Å²) in [5.41, 5.74) is 0.374. The minimum absolute atomic E-state index is 0.222. The number of methoxy groups -OCH3 is 2. The molecule has 3 rings (SSSR count). The van der Waals surface area contributed by atoms with Crippen LogP contribution in [0.2, 0.25) is 0 Å². The number of nitrogens with zero attached hydrogens (tertiary/aromatic N) is 2. The molecular formula is C18H21BrN2O5S2. The molecule has 1 saturated heterocycles. The topological polar surface area (TPSA) is 76.2 Å². The summed E-state index contributed by atoms with van der Waals surface area (Å²) in [6.45, 7) is 2.98. The summed E-state index contributed by atoms with van der Waals surface area (Å²) in [5.74, 6) is 0.737. The highest BCUT2D eigenvalue weighted by molar-refractivity contribution is 9.10. The Morgan fingerprint density at radius 2 is 1.79 bits per heavy atom. The van der Waals surface area contributed by atoms with Crippen molar-refractivity contribution >= 4 is 43.2 Å². The minimum atomic E-state index is -3.52. The molecule has 0 aliphatic carbocycles. The first kappa shape index (κ1) is 21.1. The second-order valence-corrected chi connectivity index (χ2v) is 10.6. The fraction of sp³-hybridized carbons (Fsp3) is 0.389. The zero-order valence-corrected chi connectivity index (χ0v) is 19.0. The Kier molecular flexibility index (Phi) is 6.33. The van der Waals surface area contributed by atoms with E-state index in [1.165, 1.54) is 29.9 Å². The molecule has 0 spiro atoms. The monoisotopic (exact) mass is 488 g/mol. The van der Waals surface area contributed by atoms with Crippen molar-refractivity contribution in [2.24, 2.45) is 0 Å². The zero-order chi connectivity index (χ0) is 20.5. The molecule has 7 nitrogen and oxygen atoms in total. The van der Waals surface area contributed by atoms with E-state index in [-0.39, 0.29) is 19.0 Å². The number of hydrogen-bond acceptors (Lipinski definition) is 6. The summed E-state index contributed by atoms with van der Waals surface area (Å²) >= 11 is 4.65. The van der Waals surface area contributed by atoms with E-state index in [0.717, 1.165) is 4.88 Å². The SMILES string of the molecule is COc1cc(Br)c(OC)c(C(=O)N2CCN(S(=O)(=O)c3ccc(C)s3)CC2)c1. The molecule has 0 bridgehead atoms. The summed E-state index contributed by atoms with van der Waals surface area (Å²) in [6, 6.07) is 6.78. The van der Waals surface area contributed by atoms with Crippen LogP contribution in [0.5, 0.6) is 11.5 Å². The van der Waals surface area contributed by atoms with Crippen molar-refractivity contribution in [2.45, 2.75) is 11.1 Å². The number of carbonyl (C=O) groups is 1. The molecule has 0 atom stereocenters. The normalized spacial score (nSPS) is 15.5. The molecule has 2 heterocycles. The summed E-state index contributed by atoms with van der Waals surface area (Å²) in [4.78, 5) is 15.6. The van der Waals surface area contributed by atoms with Crippen LogP contribution in [0.25, 0.3) is 0 Å². The lowest BCUT2D eigenvalue weighted by molar-refractivity contribution is 0.0694. The van der Waals surface area contributed by atoms with Crippen molar-refractivity contribution in [3.05, 3.63) is 39.2 Å². The third-order valence-electron chi connectivity index (χ3n) is 4.52. The maximum absolute atomic E-state index is 13.0. The number of ether oxygens (including phenoxy) is 2. The van der Waals surface area contributed by atoms with Crippen molar-refractivity contribution in [3.63, 3.8) is 0 Å². The first-order valence-corrected chi connectivity index (χ1v) is 11.6. The predicted molar refractivity (Wildman–Crippen MR) is 111 cm³/mol. The average molecular weight is 489 g/mol. The molecule has 28 heavy (non-hydrogen) atoms. The van der Waals surface area contributed by atoms with Gasteiger partial charge in [-0.1, -0.05) is 0 Å². The molecule has 0 N–H and O–H groups in total. The van der Waals surface area contributed by atoms with Crippen LogP contribution in [-0.4, -0.2) is 63.9 Å². The quantitative estimate of drug-likeness (QED) is 0.646. The number of carbonyl (C=O) groups excluding carboxylic acids is 1. The van der Waals surface area contributed by atoms with Crippen LogP contribution in [0.4, 0.5) is 0 Å². The van der Waals surface area contributed by atoms with Gasteiger partial charge in [-0.25, -0.2) is 8.42 Å². The third-order valence-corrected chi connectivity index (χ3v) is 8.48. The molecule has 0 saturated carbocycles. The van der Waals surface area contributed by atoms with Gasteiger partial charge >= 0.3 is 0 Å². The second kappa shape index (κ2) is 8.40. The van der Waals surface area contributed by atoms with Crippen LogP contribution in [0.15, 0.2) is 32.9 Å². The largest absolute Gasteiger partial charge is 0.497 e. The van der Waals surface area contributed by atoms with Gasteiger partial charge < -0.3 is 14.4 Å². The molecule has 0 unspecified atom stereocenters. The number of piperazine rings is 1. The Morgan fingerprint density at radius 1 is 1.11 bits per heavy atom. The zero-order valence-electron chi connectivity index (χ0n) is 15.8. The van der Waals surface area contributed by atoms with Crippen LogP contribution in [0.3, 0.4) is 0 Å². The Hall–Kier alpha value is -1.62. The van der Waals surface area contributed by atoms with Gasteiger partial charge in [-0.2, -0.15) is 4.31 Å². The molecular weight excluding hydrogens is 468 g/mol. The minimum Gasteiger partial charge on any atom is -0.497 e. The molecule has 0 radical (unpaired) electrons. The number of benzene rings is 1. The number of aryl methyl sites for hydroxylation is 1. The molecule has 1 aliphatic rings. The number of halogens is 1. The van der Waals surface area contributed by atoms with Gasteiger partial charge in [0.15, 0.2) is 0 Å². The van der Waals surface area contributed by atoms with Gasteiger partial charge in [-0.05, 0) is 47.1 Å². The Morgan fingerprint density at radius 3 is 2.32 bits per heavy atom. The molecule has 1 aliphatic heterocycles. The van der Waals surface area contributed by atoms with E-state index in [1.54, 1.807) is 29.2 Å². The number of amides is 1. The molecule has 1 aromatic carbocycles. The maximum atomic E-state index is 13.0. The highest BCUT2D eigenvalue weighted by Crippen LogP contribution is 2.34. The molecule has 1 aromatic heterocycles. The van der Waals surface area contributed by atoms with Gasteiger partial charge in [0.2, 0.25) is 0 Å². The van der Waals surface area contributed by atoms with Crippen LogP contribution in [0, 0.1) is 6.92 Å². The van der Waals surface area contributed by atoms with Gasteiger partial charge in [0.05, 0.1) is 24.3 Å². The van der Waals surface area contributed by atoms with Gasteiger partial charge in [0.25, 0.3) is 15.9 Å². The van der Waals surface area contributed by atoms with Crippen molar-refractivity contribution < 1.29 is 22.7 Å². The van der Waals surface area contributed by atoms with Gasteiger partial charge in [-0.3, -0.25) is 4.79 Å². The standard InChI is InChI=1S/C18H21BrN2O5S2/c1-12-4-5-16(27-12)28(23,24)21-8-6-20(7-9-21)18(22)14-10-13(25-2)11-15(19)17(14)26-3/h4-5,10-11H,6-9H2,1-3H3. The lowest BCUT2D eigenvalue weighted by atomic mass is 10.1. The highest BCUT2D eigenvalue weighted by Gasteiger charge is 2.32. The summed E-state index contributed by atoms with van der Waals surface area (Å²) < 4.78 is 38.5. The summed E-state index contributed by atoms with van der Waals surface area (Å²) in [6.07, 6.45) is 0. The number of thiophene rings is 1. The summed E-state index contributed by atoms with van der Waals surface area (Å²) in [7, 11) is -0.500. The van der Waals surface area contributed by atoms with Crippen molar-refractivity contribution in [3.8, 4) is 11.5 Å². The van der Waals surface area contributed by atoms with E-state index in [9.17, 15) is 13.2 Å². The Balaban J connectivity index is 1.77. The van der Waals surface area contributed by atoms with Crippen molar-refractivity contribution in [1.82, 2.24) is 9.21 Å². The van der Waals surface area contributed by atoms with E-state index in [2.05, 4.69) is 15.9 Å². The lowest BCUT2D eigenvalue weighted by Gasteiger charge is -2.34. The van der Waals surface area contributed by atoms with E-state index in [0.29, 0.717) is 38.8 Å². The molecule has 1 amide bonds. The maximum Gasteiger partial charge on any atom is 0.257 e. The molecule has 2 aromatic rings. The van der Waals surface area contributed by atoms with E-state index in [1.807, 2.05) is 6.92 Å². The molecule has 1 fully saturated rings. The Labute approximate surface area is 177 Å². The smallest absolute Gasteiger partial charge is 0.257 e. The fourth-order valence-corrected chi connectivity index (χ4v) is 6.49. The van der Waals surface area contributed by atoms with E-state index < -0.39 is 10.0 Å². The lowest BCUT2D eigenvalue weighted by Crippen LogP contribution is -2.50. The second-order valence-electron chi connectivity index (χ2n) is 6.25. The molecule has 10 heteroatoms. The first-order valence-electron chi connectivity index (χ1n) is 8.55. The van der Waals surface area contributed by atoms with Crippen LogP contribution in [0.1, 0.15) is 15.2 Å². The van der Waals surface area contributed by atoms with E-state index >= 15 is 0 Å².